The van der Waals surface area contributed by atoms with Crippen LogP contribution in [0.4, 0.5) is 5.69 Å². The number of benzene rings is 1. The van der Waals surface area contributed by atoms with E-state index in [0.717, 1.165) is 6.54 Å². The van der Waals surface area contributed by atoms with Crippen LogP contribution in [0, 0.1) is 5.92 Å². The Balaban J connectivity index is 2.66. The van der Waals surface area contributed by atoms with E-state index in [0.29, 0.717) is 16.7 Å². The molecule has 5 nitrogen and oxygen atoms in total. The summed E-state index contributed by atoms with van der Waals surface area (Å²) in [4.78, 5) is 10.7. The highest BCUT2D eigenvalue weighted by Crippen LogP contribution is 2.21. The fourth-order valence-electron chi connectivity index (χ4n) is 1.26. The highest BCUT2D eigenvalue weighted by Gasteiger charge is 2.10. The lowest BCUT2D eigenvalue weighted by Gasteiger charge is -2.12. The molecule has 0 aliphatic rings. The van der Waals surface area contributed by atoms with Crippen LogP contribution in [-0.4, -0.2) is 27.8 Å². The summed E-state index contributed by atoms with van der Waals surface area (Å²) >= 11 is 5.06. The van der Waals surface area contributed by atoms with E-state index < -0.39 is 5.97 Å². The maximum atomic E-state index is 10.7. The van der Waals surface area contributed by atoms with Gasteiger partial charge in [-0.05, 0) is 30.3 Å². The van der Waals surface area contributed by atoms with Gasteiger partial charge in [0, 0.05) is 18.3 Å². The SMILES string of the molecule is CC(C)CNC(=S)Nc1ccc(C(=O)O)c(O)c1. The molecule has 0 unspecified atom stereocenters. The second-order valence-electron chi connectivity index (χ2n) is 4.27. The molecule has 0 radical (unpaired) electrons. The average molecular weight is 268 g/mol. The van der Waals surface area contributed by atoms with Gasteiger partial charge in [-0.2, -0.15) is 0 Å². The number of carboxylic acid groups (broad SMARTS) is 1. The summed E-state index contributed by atoms with van der Waals surface area (Å²) < 4.78 is 0. The largest absolute Gasteiger partial charge is 0.507 e. The second kappa shape index (κ2) is 6.20. The molecule has 1 aromatic carbocycles. The van der Waals surface area contributed by atoms with Crippen molar-refractivity contribution in [1.29, 1.82) is 0 Å². The number of anilines is 1. The first kappa shape index (κ1) is 14.2. The van der Waals surface area contributed by atoms with E-state index in [2.05, 4.69) is 24.5 Å². The molecule has 0 fully saturated rings. The third-order valence-corrected chi connectivity index (χ3v) is 2.40. The number of hydrogen-bond acceptors (Lipinski definition) is 3. The van der Waals surface area contributed by atoms with Crippen molar-refractivity contribution in [3.63, 3.8) is 0 Å². The molecular formula is C12H16N2O3S. The smallest absolute Gasteiger partial charge is 0.339 e. The van der Waals surface area contributed by atoms with E-state index >= 15 is 0 Å². The van der Waals surface area contributed by atoms with Gasteiger partial charge in [0.1, 0.15) is 11.3 Å². The monoisotopic (exact) mass is 268 g/mol. The summed E-state index contributed by atoms with van der Waals surface area (Å²) in [5.74, 6) is -0.994. The Morgan fingerprint density at radius 1 is 1.44 bits per heavy atom. The maximum Gasteiger partial charge on any atom is 0.339 e. The Bertz CT molecular complexity index is 461. The van der Waals surface area contributed by atoms with Crippen LogP contribution in [0.2, 0.25) is 0 Å². The molecule has 0 aliphatic carbocycles. The van der Waals surface area contributed by atoms with Gasteiger partial charge in [0.2, 0.25) is 0 Å². The molecule has 0 spiro atoms. The highest BCUT2D eigenvalue weighted by atomic mass is 32.1. The van der Waals surface area contributed by atoms with Crippen molar-refractivity contribution in [2.24, 2.45) is 5.92 Å². The summed E-state index contributed by atoms with van der Waals surface area (Å²) in [6, 6.07) is 4.20. The molecule has 0 saturated heterocycles. The number of nitrogens with one attached hydrogen (secondary N) is 2. The fraction of sp³-hybridized carbons (Fsp3) is 0.333. The molecule has 0 saturated carbocycles. The third kappa shape index (κ3) is 4.21. The Labute approximate surface area is 111 Å². The zero-order valence-corrected chi connectivity index (χ0v) is 11.0. The molecule has 6 heteroatoms. The standard InChI is InChI=1S/C12H16N2O3S/c1-7(2)6-13-12(18)14-8-3-4-9(11(16)17)10(15)5-8/h3-5,7,15H,6H2,1-2H3,(H,16,17)(H2,13,14,18). The minimum Gasteiger partial charge on any atom is -0.507 e. The van der Waals surface area contributed by atoms with Crippen LogP contribution in [-0.2, 0) is 0 Å². The Morgan fingerprint density at radius 3 is 2.61 bits per heavy atom. The molecule has 18 heavy (non-hydrogen) atoms. The Morgan fingerprint density at radius 2 is 2.11 bits per heavy atom. The van der Waals surface area contributed by atoms with Crippen molar-refractivity contribution in [3.05, 3.63) is 23.8 Å². The molecule has 0 aromatic heterocycles. The van der Waals surface area contributed by atoms with Gasteiger partial charge >= 0.3 is 5.97 Å². The van der Waals surface area contributed by atoms with E-state index in [-0.39, 0.29) is 11.3 Å². The lowest BCUT2D eigenvalue weighted by molar-refractivity contribution is 0.0694. The molecule has 0 bridgehead atoms. The normalized spacial score (nSPS) is 10.2. The Hall–Kier alpha value is -1.82. The van der Waals surface area contributed by atoms with E-state index in [9.17, 15) is 9.90 Å². The summed E-state index contributed by atoms with van der Waals surface area (Å²) in [7, 11) is 0. The van der Waals surface area contributed by atoms with Crippen molar-refractivity contribution < 1.29 is 15.0 Å². The topological polar surface area (TPSA) is 81.6 Å². The van der Waals surface area contributed by atoms with Crippen molar-refractivity contribution in [3.8, 4) is 5.75 Å². The average Bonchev–Trinajstić information content (AvgIpc) is 2.26. The predicted molar refractivity (Wildman–Crippen MR) is 74.1 cm³/mol. The number of carboxylic acids is 1. The van der Waals surface area contributed by atoms with E-state index in [1.54, 1.807) is 6.07 Å². The second-order valence-corrected chi connectivity index (χ2v) is 4.67. The number of aromatic hydroxyl groups is 1. The van der Waals surface area contributed by atoms with E-state index in [1.165, 1.54) is 12.1 Å². The number of hydrogen-bond donors (Lipinski definition) is 4. The predicted octanol–water partition coefficient (Wildman–Crippen LogP) is 2.03. The molecule has 0 amide bonds. The van der Waals surface area contributed by atoms with Crippen molar-refractivity contribution >= 4 is 29.0 Å². The van der Waals surface area contributed by atoms with Gasteiger partial charge in [-0.1, -0.05) is 13.8 Å². The number of rotatable bonds is 4. The van der Waals surface area contributed by atoms with Crippen LogP contribution >= 0.6 is 12.2 Å². The molecule has 0 atom stereocenters. The van der Waals surface area contributed by atoms with Crippen LogP contribution < -0.4 is 10.6 Å². The lowest BCUT2D eigenvalue weighted by atomic mass is 10.2. The van der Waals surface area contributed by atoms with Crippen LogP contribution in [0.5, 0.6) is 5.75 Å². The van der Waals surface area contributed by atoms with Crippen molar-refractivity contribution in [2.45, 2.75) is 13.8 Å². The molecule has 4 N–H and O–H groups in total. The first-order valence-corrected chi connectivity index (χ1v) is 5.92. The number of phenols is 1. The third-order valence-electron chi connectivity index (χ3n) is 2.16. The van der Waals surface area contributed by atoms with Crippen molar-refractivity contribution in [2.75, 3.05) is 11.9 Å². The minimum atomic E-state index is -1.17. The van der Waals surface area contributed by atoms with Crippen LogP contribution in [0.1, 0.15) is 24.2 Å². The van der Waals surface area contributed by atoms with Crippen LogP contribution in [0.25, 0.3) is 0 Å². The molecule has 1 rings (SSSR count). The summed E-state index contributed by atoms with van der Waals surface area (Å²) in [6.45, 7) is 4.86. The van der Waals surface area contributed by atoms with Gasteiger partial charge in [0.25, 0.3) is 0 Å². The first-order valence-electron chi connectivity index (χ1n) is 5.51. The van der Waals surface area contributed by atoms with Crippen molar-refractivity contribution in [1.82, 2.24) is 5.32 Å². The van der Waals surface area contributed by atoms with Gasteiger partial charge in [0.15, 0.2) is 5.11 Å². The zero-order valence-electron chi connectivity index (χ0n) is 10.2. The van der Waals surface area contributed by atoms with E-state index in [4.69, 9.17) is 17.3 Å². The quantitative estimate of drug-likeness (QED) is 0.626. The highest BCUT2D eigenvalue weighted by molar-refractivity contribution is 7.80. The number of carbonyl (C=O) groups is 1. The molecule has 0 aliphatic heterocycles. The number of aromatic carboxylic acids is 1. The molecule has 98 valence electrons. The molecular weight excluding hydrogens is 252 g/mol. The maximum absolute atomic E-state index is 10.7. The number of thiocarbonyl (C=S) groups is 1. The summed E-state index contributed by atoms with van der Waals surface area (Å²) in [6.07, 6.45) is 0. The fourth-order valence-corrected chi connectivity index (χ4v) is 1.46. The van der Waals surface area contributed by atoms with Crippen LogP contribution in [0.15, 0.2) is 18.2 Å². The van der Waals surface area contributed by atoms with Gasteiger partial charge in [-0.25, -0.2) is 4.79 Å². The van der Waals surface area contributed by atoms with E-state index in [1.807, 2.05) is 0 Å². The summed E-state index contributed by atoms with van der Waals surface area (Å²) in [5.41, 5.74) is 0.403. The van der Waals surface area contributed by atoms with Gasteiger partial charge in [0.05, 0.1) is 0 Å². The molecule has 0 heterocycles. The lowest BCUT2D eigenvalue weighted by Crippen LogP contribution is -2.31. The zero-order chi connectivity index (χ0) is 13.7. The summed E-state index contributed by atoms with van der Waals surface area (Å²) in [5, 5.41) is 24.6. The van der Waals surface area contributed by atoms with Gasteiger partial charge in [-0.3, -0.25) is 0 Å². The Kier molecular flexibility index (Phi) is 4.91. The first-order chi connectivity index (χ1) is 8.40. The minimum absolute atomic E-state index is 0.137. The van der Waals surface area contributed by atoms with Crippen LogP contribution in [0.3, 0.4) is 0 Å². The van der Waals surface area contributed by atoms with Gasteiger partial charge < -0.3 is 20.8 Å². The van der Waals surface area contributed by atoms with Gasteiger partial charge in [-0.15, -0.1) is 0 Å². The molecule has 1 aromatic rings.